The molecule has 2 N–H and O–H groups in total. The van der Waals surface area contributed by atoms with Gasteiger partial charge in [-0.2, -0.15) is 0 Å². The zero-order valence-electron chi connectivity index (χ0n) is 11.1. The Morgan fingerprint density at radius 2 is 2.00 bits per heavy atom. The van der Waals surface area contributed by atoms with E-state index in [2.05, 4.69) is 30.3 Å². The summed E-state index contributed by atoms with van der Waals surface area (Å²) in [5, 5.41) is 0. The molecule has 16 heavy (non-hydrogen) atoms. The van der Waals surface area contributed by atoms with Crippen molar-refractivity contribution in [2.24, 2.45) is 5.92 Å². The fourth-order valence-electron chi connectivity index (χ4n) is 1.97. The van der Waals surface area contributed by atoms with Crippen molar-refractivity contribution >= 4 is 5.82 Å². The molecule has 0 aliphatic rings. The summed E-state index contributed by atoms with van der Waals surface area (Å²) in [6, 6.07) is 0. The summed E-state index contributed by atoms with van der Waals surface area (Å²) in [5.74, 6) is 2.54. The van der Waals surface area contributed by atoms with Crippen LogP contribution >= 0.6 is 0 Å². The van der Waals surface area contributed by atoms with Gasteiger partial charge in [-0.15, -0.1) is 0 Å². The molecule has 0 saturated heterocycles. The second-order valence-electron chi connectivity index (χ2n) is 4.95. The Kier molecular flexibility index (Phi) is 4.84. The standard InChI is InChI=1S/C13H25N3/c1-5-6-7-8-12-13(14)16(9-10(2)3)11(4)15-12/h10H,5-9,14H2,1-4H3. The minimum absolute atomic E-state index is 0.610. The van der Waals surface area contributed by atoms with Gasteiger partial charge in [-0.25, -0.2) is 4.98 Å². The average Bonchev–Trinajstić information content (AvgIpc) is 2.46. The van der Waals surface area contributed by atoms with Crippen LogP contribution in [-0.2, 0) is 13.0 Å². The van der Waals surface area contributed by atoms with Crippen LogP contribution in [0, 0.1) is 12.8 Å². The minimum atomic E-state index is 0.610. The Morgan fingerprint density at radius 3 is 2.56 bits per heavy atom. The maximum atomic E-state index is 6.14. The van der Waals surface area contributed by atoms with Gasteiger partial charge in [-0.05, 0) is 25.7 Å². The molecule has 0 fully saturated rings. The second-order valence-corrected chi connectivity index (χ2v) is 4.95. The monoisotopic (exact) mass is 223 g/mol. The highest BCUT2D eigenvalue weighted by atomic mass is 15.1. The van der Waals surface area contributed by atoms with Crippen LogP contribution in [-0.4, -0.2) is 9.55 Å². The van der Waals surface area contributed by atoms with Crippen LogP contribution in [0.4, 0.5) is 5.82 Å². The van der Waals surface area contributed by atoms with Gasteiger partial charge < -0.3 is 10.3 Å². The molecule has 1 heterocycles. The van der Waals surface area contributed by atoms with Crippen LogP contribution in [0.5, 0.6) is 0 Å². The number of nitrogens with zero attached hydrogens (tertiary/aromatic N) is 2. The van der Waals surface area contributed by atoms with E-state index in [0.717, 1.165) is 30.3 Å². The minimum Gasteiger partial charge on any atom is -0.384 e. The number of nitrogens with two attached hydrogens (primary N) is 1. The number of aryl methyl sites for hydroxylation is 2. The fraction of sp³-hybridized carbons (Fsp3) is 0.769. The summed E-state index contributed by atoms with van der Waals surface area (Å²) < 4.78 is 2.14. The molecule has 0 amide bonds. The topological polar surface area (TPSA) is 43.8 Å². The van der Waals surface area contributed by atoms with Crippen molar-refractivity contribution in [1.82, 2.24) is 9.55 Å². The van der Waals surface area contributed by atoms with E-state index in [0.29, 0.717) is 5.92 Å². The van der Waals surface area contributed by atoms with Gasteiger partial charge in [0.15, 0.2) is 0 Å². The maximum Gasteiger partial charge on any atom is 0.126 e. The van der Waals surface area contributed by atoms with Gasteiger partial charge in [0.05, 0.1) is 5.69 Å². The van der Waals surface area contributed by atoms with E-state index in [1.165, 1.54) is 19.3 Å². The highest BCUT2D eigenvalue weighted by molar-refractivity contribution is 5.38. The summed E-state index contributed by atoms with van der Waals surface area (Å²) >= 11 is 0. The van der Waals surface area contributed by atoms with Crippen LogP contribution in [0.2, 0.25) is 0 Å². The molecule has 3 heteroatoms. The van der Waals surface area contributed by atoms with E-state index in [1.807, 2.05) is 6.92 Å². The molecular formula is C13H25N3. The lowest BCUT2D eigenvalue weighted by Crippen LogP contribution is -2.09. The van der Waals surface area contributed by atoms with Crippen LogP contribution in [0.25, 0.3) is 0 Å². The third kappa shape index (κ3) is 3.26. The lowest BCUT2D eigenvalue weighted by atomic mass is 10.1. The van der Waals surface area contributed by atoms with E-state index in [4.69, 9.17) is 5.73 Å². The Bertz CT molecular complexity index is 326. The van der Waals surface area contributed by atoms with E-state index >= 15 is 0 Å². The molecule has 0 saturated carbocycles. The van der Waals surface area contributed by atoms with Gasteiger partial charge >= 0.3 is 0 Å². The third-order valence-corrected chi connectivity index (χ3v) is 2.84. The molecule has 0 atom stereocenters. The number of anilines is 1. The summed E-state index contributed by atoms with van der Waals surface area (Å²) in [6.45, 7) is 9.64. The molecule has 1 rings (SSSR count). The van der Waals surface area contributed by atoms with Crippen molar-refractivity contribution in [3.8, 4) is 0 Å². The number of unbranched alkanes of at least 4 members (excludes halogenated alkanes) is 2. The Hall–Kier alpha value is -0.990. The lowest BCUT2D eigenvalue weighted by Gasteiger charge is -2.10. The average molecular weight is 223 g/mol. The number of imidazole rings is 1. The van der Waals surface area contributed by atoms with Crippen molar-refractivity contribution in [2.45, 2.75) is 59.9 Å². The third-order valence-electron chi connectivity index (χ3n) is 2.84. The summed E-state index contributed by atoms with van der Waals surface area (Å²) in [7, 11) is 0. The number of nitrogen functional groups attached to an aromatic ring is 1. The van der Waals surface area contributed by atoms with Crippen LogP contribution in [0.15, 0.2) is 0 Å². The summed E-state index contributed by atoms with van der Waals surface area (Å²) in [4.78, 5) is 4.57. The second kappa shape index (κ2) is 5.92. The molecule has 0 bridgehead atoms. The first-order chi connectivity index (χ1) is 7.56. The van der Waals surface area contributed by atoms with Gasteiger partial charge in [0, 0.05) is 6.54 Å². The Morgan fingerprint density at radius 1 is 1.31 bits per heavy atom. The fourth-order valence-corrected chi connectivity index (χ4v) is 1.97. The van der Waals surface area contributed by atoms with E-state index in [-0.39, 0.29) is 0 Å². The molecule has 0 aliphatic heterocycles. The smallest absolute Gasteiger partial charge is 0.126 e. The van der Waals surface area contributed by atoms with Crippen molar-refractivity contribution in [3.63, 3.8) is 0 Å². The molecule has 1 aromatic rings. The molecule has 1 aromatic heterocycles. The van der Waals surface area contributed by atoms with Crippen LogP contribution in [0.3, 0.4) is 0 Å². The SMILES string of the molecule is CCCCCc1nc(C)n(CC(C)C)c1N. The highest BCUT2D eigenvalue weighted by Crippen LogP contribution is 2.18. The largest absolute Gasteiger partial charge is 0.384 e. The van der Waals surface area contributed by atoms with Gasteiger partial charge in [-0.3, -0.25) is 0 Å². The number of rotatable bonds is 6. The molecule has 0 spiro atoms. The maximum absolute atomic E-state index is 6.14. The van der Waals surface area contributed by atoms with E-state index < -0.39 is 0 Å². The van der Waals surface area contributed by atoms with Gasteiger partial charge in [0.25, 0.3) is 0 Å². The molecule has 0 aromatic carbocycles. The molecule has 0 radical (unpaired) electrons. The zero-order valence-corrected chi connectivity index (χ0v) is 11.1. The molecule has 0 unspecified atom stereocenters. The van der Waals surface area contributed by atoms with Crippen molar-refractivity contribution < 1.29 is 0 Å². The van der Waals surface area contributed by atoms with E-state index in [1.54, 1.807) is 0 Å². The molecule has 3 nitrogen and oxygen atoms in total. The van der Waals surface area contributed by atoms with Gasteiger partial charge in [-0.1, -0.05) is 33.6 Å². The van der Waals surface area contributed by atoms with Crippen molar-refractivity contribution in [1.29, 1.82) is 0 Å². The molecule has 92 valence electrons. The lowest BCUT2D eigenvalue weighted by molar-refractivity contribution is 0.518. The van der Waals surface area contributed by atoms with E-state index in [9.17, 15) is 0 Å². The number of aromatic nitrogens is 2. The number of hydrogen-bond donors (Lipinski definition) is 1. The first-order valence-electron chi connectivity index (χ1n) is 6.37. The normalized spacial score (nSPS) is 11.3. The summed E-state index contributed by atoms with van der Waals surface area (Å²) in [6.07, 6.45) is 4.71. The summed E-state index contributed by atoms with van der Waals surface area (Å²) in [5.41, 5.74) is 7.22. The first-order valence-corrected chi connectivity index (χ1v) is 6.37. The van der Waals surface area contributed by atoms with Crippen LogP contribution < -0.4 is 5.73 Å². The molecule has 0 aliphatic carbocycles. The molecular weight excluding hydrogens is 198 g/mol. The van der Waals surface area contributed by atoms with Crippen molar-refractivity contribution in [3.05, 3.63) is 11.5 Å². The van der Waals surface area contributed by atoms with Crippen molar-refractivity contribution in [2.75, 3.05) is 5.73 Å². The van der Waals surface area contributed by atoms with Gasteiger partial charge in [0.1, 0.15) is 11.6 Å². The number of hydrogen-bond acceptors (Lipinski definition) is 2. The first kappa shape index (κ1) is 13.1. The van der Waals surface area contributed by atoms with Crippen LogP contribution in [0.1, 0.15) is 51.6 Å². The highest BCUT2D eigenvalue weighted by Gasteiger charge is 2.11. The predicted molar refractivity (Wildman–Crippen MR) is 69.4 cm³/mol. The predicted octanol–water partition coefficient (Wildman–Crippen LogP) is 3.16. The Labute approximate surface area is 99.1 Å². The quantitative estimate of drug-likeness (QED) is 0.753. The Balaban J connectivity index is 2.72. The van der Waals surface area contributed by atoms with Gasteiger partial charge in [0.2, 0.25) is 0 Å². The zero-order chi connectivity index (χ0) is 12.1.